The number of fused-ring (bicyclic) bond motifs is 7. The van der Waals surface area contributed by atoms with Crippen molar-refractivity contribution in [3.05, 3.63) is 151 Å². The minimum Gasteiger partial charge on any atom is -0.486 e. The van der Waals surface area contributed by atoms with E-state index in [0.717, 1.165) is 44.3 Å². The Labute approximate surface area is 259 Å². The van der Waals surface area contributed by atoms with Crippen LogP contribution >= 0.6 is 0 Å². The first-order valence-corrected chi connectivity index (χ1v) is 15.2. The topological polar surface area (TPSA) is 53.3 Å². The van der Waals surface area contributed by atoms with Crippen LogP contribution in [0.3, 0.4) is 0 Å². The summed E-state index contributed by atoms with van der Waals surface area (Å²) in [5, 5.41) is 6.95. The van der Waals surface area contributed by atoms with Crippen molar-refractivity contribution in [3.8, 4) is 22.6 Å². The normalized spacial score (nSPS) is 11.7. The summed E-state index contributed by atoms with van der Waals surface area (Å²) in [6.45, 7) is 0.407. The second-order valence-electron chi connectivity index (χ2n) is 11.6. The summed E-state index contributed by atoms with van der Waals surface area (Å²) >= 11 is 0. The standard InChI is InChI=1S/C41H28N2O2/c42-35-21-22-39-40(33-10-4-6-12-38(33)45-39)41(35)44-25-26-13-15-27(16-14-26)28-17-19-31(20-18-28)43-36-11-5-3-9-32(36)34-23-29-7-1-2-8-30(29)24-37(34)43/h1-24H,25,42H2. The minimum absolute atomic E-state index is 0.407. The Balaban J connectivity index is 1.01. The van der Waals surface area contributed by atoms with Crippen LogP contribution in [0.1, 0.15) is 5.56 Å². The molecule has 0 aliphatic heterocycles. The van der Waals surface area contributed by atoms with Crippen molar-refractivity contribution < 1.29 is 9.15 Å². The summed E-state index contributed by atoms with van der Waals surface area (Å²) in [6.07, 6.45) is 0. The van der Waals surface area contributed by atoms with Crippen LogP contribution in [0, 0.1) is 0 Å². The first-order chi connectivity index (χ1) is 22.2. The van der Waals surface area contributed by atoms with Gasteiger partial charge in [0.05, 0.1) is 22.1 Å². The molecule has 0 spiro atoms. The summed E-state index contributed by atoms with van der Waals surface area (Å²) in [4.78, 5) is 0. The maximum absolute atomic E-state index is 6.37. The van der Waals surface area contributed by atoms with E-state index >= 15 is 0 Å². The quantitative estimate of drug-likeness (QED) is 0.206. The number of furan rings is 1. The number of anilines is 1. The van der Waals surface area contributed by atoms with Gasteiger partial charge in [-0.25, -0.2) is 0 Å². The number of rotatable bonds is 5. The third-order valence-electron chi connectivity index (χ3n) is 8.86. The summed E-state index contributed by atoms with van der Waals surface area (Å²) < 4.78 is 14.7. The Bertz CT molecular complexity index is 2540. The van der Waals surface area contributed by atoms with E-state index < -0.39 is 0 Å². The third kappa shape index (κ3) is 4.15. The van der Waals surface area contributed by atoms with Crippen LogP contribution in [0.15, 0.2) is 150 Å². The highest BCUT2D eigenvalue weighted by atomic mass is 16.5. The number of nitrogens with two attached hydrogens (primary N) is 1. The third-order valence-corrected chi connectivity index (χ3v) is 8.86. The summed E-state index contributed by atoms with van der Waals surface area (Å²) in [5.74, 6) is 0.662. The van der Waals surface area contributed by atoms with Gasteiger partial charge in [-0.1, -0.05) is 97.1 Å². The second-order valence-corrected chi connectivity index (χ2v) is 11.6. The fraction of sp³-hybridized carbons (Fsp3) is 0.0244. The van der Waals surface area contributed by atoms with Crippen molar-refractivity contribution in [2.45, 2.75) is 6.61 Å². The molecule has 0 bridgehead atoms. The number of nitrogen functional groups attached to an aromatic ring is 1. The predicted octanol–water partition coefficient (Wildman–Crippen LogP) is 10.7. The van der Waals surface area contributed by atoms with E-state index in [4.69, 9.17) is 14.9 Å². The zero-order valence-electron chi connectivity index (χ0n) is 24.4. The lowest BCUT2D eigenvalue weighted by Gasteiger charge is -2.12. The molecule has 0 amide bonds. The van der Waals surface area contributed by atoms with Gasteiger partial charge in [0, 0.05) is 21.8 Å². The Kier molecular flexibility index (Phi) is 5.69. The second kappa shape index (κ2) is 10.0. The largest absolute Gasteiger partial charge is 0.486 e. The van der Waals surface area contributed by atoms with Crippen LogP contribution in [0.2, 0.25) is 0 Å². The van der Waals surface area contributed by atoms with E-state index in [0.29, 0.717) is 18.0 Å². The van der Waals surface area contributed by atoms with E-state index in [1.165, 1.54) is 32.6 Å². The lowest BCUT2D eigenvalue weighted by molar-refractivity contribution is 0.312. The van der Waals surface area contributed by atoms with Crippen LogP contribution in [-0.2, 0) is 6.61 Å². The van der Waals surface area contributed by atoms with E-state index in [9.17, 15) is 0 Å². The molecule has 0 saturated carbocycles. The molecule has 214 valence electrons. The van der Waals surface area contributed by atoms with Gasteiger partial charge in [-0.3, -0.25) is 0 Å². The summed E-state index contributed by atoms with van der Waals surface area (Å²) in [6, 6.07) is 50.9. The van der Waals surface area contributed by atoms with E-state index in [2.05, 4.69) is 114 Å². The van der Waals surface area contributed by atoms with Crippen LogP contribution in [0.25, 0.3) is 71.3 Å². The Morgan fingerprint density at radius 1 is 0.556 bits per heavy atom. The van der Waals surface area contributed by atoms with Crippen molar-refractivity contribution in [2.24, 2.45) is 0 Å². The van der Waals surface area contributed by atoms with Gasteiger partial charge >= 0.3 is 0 Å². The number of hydrogen-bond acceptors (Lipinski definition) is 3. The monoisotopic (exact) mass is 580 g/mol. The number of ether oxygens (including phenoxy) is 1. The number of aromatic nitrogens is 1. The lowest BCUT2D eigenvalue weighted by Crippen LogP contribution is -1.99. The molecule has 0 fully saturated rings. The first-order valence-electron chi connectivity index (χ1n) is 15.2. The highest BCUT2D eigenvalue weighted by molar-refractivity contribution is 6.13. The zero-order chi connectivity index (χ0) is 29.9. The van der Waals surface area contributed by atoms with Crippen molar-refractivity contribution in [2.75, 3.05) is 5.73 Å². The van der Waals surface area contributed by atoms with Crippen molar-refractivity contribution >= 4 is 60.2 Å². The van der Waals surface area contributed by atoms with Gasteiger partial charge in [0.25, 0.3) is 0 Å². The maximum atomic E-state index is 6.37. The molecule has 0 aliphatic carbocycles. The van der Waals surface area contributed by atoms with Crippen molar-refractivity contribution in [1.29, 1.82) is 0 Å². The average molecular weight is 581 g/mol. The van der Waals surface area contributed by atoms with Gasteiger partial charge in [0.15, 0.2) is 5.75 Å². The molecule has 2 aromatic heterocycles. The van der Waals surface area contributed by atoms with Crippen LogP contribution < -0.4 is 10.5 Å². The van der Waals surface area contributed by atoms with Crippen LogP contribution in [0.4, 0.5) is 5.69 Å². The first kappa shape index (κ1) is 25.5. The number of benzene rings is 7. The molecular weight excluding hydrogens is 552 g/mol. The fourth-order valence-corrected chi connectivity index (χ4v) is 6.64. The van der Waals surface area contributed by atoms with Crippen LogP contribution in [-0.4, -0.2) is 4.57 Å². The molecule has 0 radical (unpaired) electrons. The molecule has 0 atom stereocenters. The molecule has 9 aromatic rings. The highest BCUT2D eigenvalue weighted by Gasteiger charge is 2.16. The number of para-hydroxylation sites is 2. The Hall–Kier alpha value is -6.00. The smallest absolute Gasteiger partial charge is 0.154 e. The van der Waals surface area contributed by atoms with E-state index in [1.807, 2.05) is 36.4 Å². The molecule has 7 aromatic carbocycles. The molecule has 4 heteroatoms. The fourth-order valence-electron chi connectivity index (χ4n) is 6.64. The molecule has 45 heavy (non-hydrogen) atoms. The van der Waals surface area contributed by atoms with Gasteiger partial charge in [-0.05, 0) is 76.0 Å². The number of nitrogens with zero attached hydrogens (tertiary/aromatic N) is 1. The summed E-state index contributed by atoms with van der Waals surface area (Å²) in [5.41, 5.74) is 15.5. The van der Waals surface area contributed by atoms with E-state index in [1.54, 1.807) is 0 Å². The Morgan fingerprint density at radius 3 is 2.02 bits per heavy atom. The molecule has 0 saturated heterocycles. The molecular formula is C41H28N2O2. The van der Waals surface area contributed by atoms with Crippen molar-refractivity contribution in [3.63, 3.8) is 0 Å². The highest BCUT2D eigenvalue weighted by Crippen LogP contribution is 2.40. The maximum Gasteiger partial charge on any atom is 0.154 e. The molecule has 2 heterocycles. The van der Waals surface area contributed by atoms with Gasteiger partial charge in [-0.2, -0.15) is 0 Å². The lowest BCUT2D eigenvalue weighted by atomic mass is 10.0. The minimum atomic E-state index is 0.407. The molecule has 4 nitrogen and oxygen atoms in total. The molecule has 9 rings (SSSR count). The van der Waals surface area contributed by atoms with Crippen LogP contribution in [0.5, 0.6) is 5.75 Å². The SMILES string of the molecule is Nc1ccc2oc3ccccc3c2c1OCc1ccc(-c2ccc(-n3c4ccccc4c4cc5ccccc5cc43)cc2)cc1. The molecule has 0 unspecified atom stereocenters. The number of hydrogen-bond donors (Lipinski definition) is 1. The van der Waals surface area contributed by atoms with Crippen molar-refractivity contribution in [1.82, 2.24) is 4.57 Å². The summed E-state index contributed by atoms with van der Waals surface area (Å²) in [7, 11) is 0. The molecule has 0 aliphatic rings. The van der Waals surface area contributed by atoms with Gasteiger partial charge in [0.2, 0.25) is 0 Å². The van der Waals surface area contributed by atoms with Gasteiger partial charge in [-0.15, -0.1) is 0 Å². The average Bonchev–Trinajstić information content (AvgIpc) is 3.63. The predicted molar refractivity (Wildman–Crippen MR) is 186 cm³/mol. The van der Waals surface area contributed by atoms with Gasteiger partial charge < -0.3 is 19.5 Å². The zero-order valence-corrected chi connectivity index (χ0v) is 24.4. The Morgan fingerprint density at radius 2 is 1.22 bits per heavy atom. The van der Waals surface area contributed by atoms with E-state index in [-0.39, 0.29) is 0 Å². The molecule has 2 N–H and O–H groups in total. The van der Waals surface area contributed by atoms with Gasteiger partial charge in [0.1, 0.15) is 17.8 Å².